The largest absolute Gasteiger partial charge is 0.493 e. The van der Waals surface area contributed by atoms with E-state index in [0.29, 0.717) is 25.3 Å². The van der Waals surface area contributed by atoms with Gasteiger partial charge in [-0.3, -0.25) is 9.48 Å². The first-order valence-corrected chi connectivity index (χ1v) is 8.33. The maximum Gasteiger partial charge on any atom is 0.280 e. The van der Waals surface area contributed by atoms with Gasteiger partial charge in [-0.2, -0.15) is 5.10 Å². The van der Waals surface area contributed by atoms with E-state index in [1.807, 2.05) is 38.1 Å². The fourth-order valence-electron chi connectivity index (χ4n) is 3.02. The Balaban J connectivity index is 1.84. The summed E-state index contributed by atoms with van der Waals surface area (Å²) < 4.78 is 33.8. The van der Waals surface area contributed by atoms with Gasteiger partial charge in [0.05, 0.1) is 24.4 Å². The first-order valence-electron chi connectivity index (χ1n) is 8.33. The van der Waals surface area contributed by atoms with Crippen LogP contribution in [0.2, 0.25) is 0 Å². The highest BCUT2D eigenvalue weighted by Crippen LogP contribution is 2.32. The third kappa shape index (κ3) is 3.65. The third-order valence-electron chi connectivity index (χ3n) is 4.13. The van der Waals surface area contributed by atoms with E-state index in [4.69, 9.17) is 4.74 Å². The van der Waals surface area contributed by atoms with Gasteiger partial charge in [0.25, 0.3) is 12.3 Å². The number of hydrogen-bond acceptors (Lipinski definition) is 3. The molecule has 1 aliphatic rings. The molecule has 0 saturated carbocycles. The number of hydrogen-bond donors (Lipinski definition) is 1. The summed E-state index contributed by atoms with van der Waals surface area (Å²) in [6, 6.07) is 7.15. The van der Waals surface area contributed by atoms with Crippen LogP contribution in [0.4, 0.5) is 8.78 Å². The Hall–Kier alpha value is -2.44. The van der Waals surface area contributed by atoms with Gasteiger partial charge in [-0.05, 0) is 12.0 Å². The molecule has 0 bridgehead atoms. The molecule has 3 rings (SSSR count). The Bertz CT molecular complexity index is 759. The van der Waals surface area contributed by atoms with Gasteiger partial charge < -0.3 is 10.1 Å². The predicted molar refractivity (Wildman–Crippen MR) is 88.8 cm³/mol. The number of nitrogens with zero attached hydrogens (tertiary/aromatic N) is 2. The van der Waals surface area contributed by atoms with Gasteiger partial charge in [-0.15, -0.1) is 0 Å². The standard InChI is InChI=1S/C18H21F2N3O2/c1-11(2)10-23-16(17(19)20)13(9-21-23)18(24)22-14-7-8-25-15-6-4-3-5-12(14)15/h3-6,9,11,14,17H,7-8,10H2,1-2H3,(H,22,24)/t14-/m1/s1. The van der Waals surface area contributed by atoms with Crippen LogP contribution in [0, 0.1) is 5.92 Å². The van der Waals surface area contributed by atoms with Crippen molar-refractivity contribution in [3.63, 3.8) is 0 Å². The van der Waals surface area contributed by atoms with Crippen LogP contribution in [0.25, 0.3) is 0 Å². The maximum absolute atomic E-state index is 13.5. The van der Waals surface area contributed by atoms with E-state index in [2.05, 4.69) is 10.4 Å². The molecule has 1 atom stereocenters. The van der Waals surface area contributed by atoms with Gasteiger partial charge in [-0.1, -0.05) is 32.0 Å². The molecule has 0 aliphatic carbocycles. The highest BCUT2D eigenvalue weighted by molar-refractivity contribution is 5.95. The molecule has 0 unspecified atom stereocenters. The Morgan fingerprint density at radius 2 is 2.16 bits per heavy atom. The lowest BCUT2D eigenvalue weighted by atomic mass is 10.00. The van der Waals surface area contributed by atoms with Gasteiger partial charge in [0, 0.05) is 18.5 Å². The van der Waals surface area contributed by atoms with E-state index in [1.54, 1.807) is 0 Å². The molecule has 1 amide bonds. The topological polar surface area (TPSA) is 56.2 Å². The summed E-state index contributed by atoms with van der Waals surface area (Å²) in [6.45, 7) is 4.63. The number of carbonyl (C=O) groups excluding carboxylic acids is 1. The third-order valence-corrected chi connectivity index (χ3v) is 4.13. The minimum atomic E-state index is -2.76. The van der Waals surface area contributed by atoms with Crippen LogP contribution in [0.5, 0.6) is 5.75 Å². The van der Waals surface area contributed by atoms with Crippen molar-refractivity contribution >= 4 is 5.91 Å². The number of ether oxygens (including phenoxy) is 1. The predicted octanol–water partition coefficient (Wildman–Crippen LogP) is 3.73. The average molecular weight is 349 g/mol. The molecule has 5 nitrogen and oxygen atoms in total. The van der Waals surface area contributed by atoms with Gasteiger partial charge >= 0.3 is 0 Å². The summed E-state index contributed by atoms with van der Waals surface area (Å²) in [5.74, 6) is 0.325. The van der Waals surface area contributed by atoms with E-state index >= 15 is 0 Å². The zero-order valence-corrected chi connectivity index (χ0v) is 14.2. The number of rotatable bonds is 5. The summed E-state index contributed by atoms with van der Waals surface area (Å²) in [4.78, 5) is 12.6. The van der Waals surface area contributed by atoms with Crippen molar-refractivity contribution in [1.29, 1.82) is 0 Å². The number of aromatic nitrogens is 2. The van der Waals surface area contributed by atoms with Crippen LogP contribution in [0.1, 0.15) is 54.4 Å². The van der Waals surface area contributed by atoms with Crippen molar-refractivity contribution in [2.24, 2.45) is 5.92 Å². The number of benzene rings is 1. The molecular formula is C18H21F2N3O2. The Kier molecular flexibility index (Phi) is 5.01. The normalized spacial score (nSPS) is 16.6. The van der Waals surface area contributed by atoms with Crippen molar-refractivity contribution in [3.8, 4) is 5.75 Å². The molecule has 1 aliphatic heterocycles. The fraction of sp³-hybridized carbons (Fsp3) is 0.444. The second kappa shape index (κ2) is 7.21. The average Bonchev–Trinajstić information content (AvgIpc) is 2.98. The van der Waals surface area contributed by atoms with E-state index < -0.39 is 12.3 Å². The number of amides is 1. The first kappa shape index (κ1) is 17.4. The number of fused-ring (bicyclic) bond motifs is 1. The SMILES string of the molecule is CC(C)Cn1ncc(C(=O)N[C@@H]2CCOc3ccccc32)c1C(F)F. The molecule has 7 heteroatoms. The summed E-state index contributed by atoms with van der Waals surface area (Å²) in [5.41, 5.74) is 0.460. The van der Waals surface area contributed by atoms with Gasteiger partial charge in [0.1, 0.15) is 11.4 Å². The number of nitrogens with one attached hydrogen (secondary N) is 1. The van der Waals surface area contributed by atoms with Crippen molar-refractivity contribution in [2.45, 2.75) is 39.3 Å². The number of halogens is 2. The Morgan fingerprint density at radius 3 is 2.88 bits per heavy atom. The number of alkyl halides is 2. The Morgan fingerprint density at radius 1 is 1.40 bits per heavy atom. The molecule has 0 saturated heterocycles. The molecule has 134 valence electrons. The number of carbonyl (C=O) groups is 1. The quantitative estimate of drug-likeness (QED) is 0.895. The van der Waals surface area contributed by atoms with Crippen molar-refractivity contribution in [2.75, 3.05) is 6.61 Å². The molecule has 1 aromatic carbocycles. The van der Waals surface area contributed by atoms with Crippen molar-refractivity contribution in [1.82, 2.24) is 15.1 Å². The van der Waals surface area contributed by atoms with Crippen molar-refractivity contribution < 1.29 is 18.3 Å². The van der Waals surface area contributed by atoms with Gasteiger partial charge in [0.2, 0.25) is 0 Å². The molecule has 0 spiro atoms. The summed E-state index contributed by atoms with van der Waals surface area (Å²) in [5, 5.41) is 6.83. The molecule has 0 radical (unpaired) electrons. The maximum atomic E-state index is 13.5. The summed E-state index contributed by atoms with van der Waals surface area (Å²) in [6.07, 6.45) is -0.943. The smallest absolute Gasteiger partial charge is 0.280 e. The lowest BCUT2D eigenvalue weighted by Gasteiger charge is -2.26. The second-order valence-corrected chi connectivity index (χ2v) is 6.52. The minimum absolute atomic E-state index is 0.0698. The molecule has 1 aromatic heterocycles. The van der Waals surface area contributed by atoms with E-state index in [-0.39, 0.29) is 23.2 Å². The van der Waals surface area contributed by atoms with E-state index in [9.17, 15) is 13.6 Å². The van der Waals surface area contributed by atoms with Crippen LogP contribution in [-0.4, -0.2) is 22.3 Å². The Labute approximate surface area is 145 Å². The van der Waals surface area contributed by atoms with Gasteiger partial charge in [0.15, 0.2) is 0 Å². The summed E-state index contributed by atoms with van der Waals surface area (Å²) >= 11 is 0. The van der Waals surface area contributed by atoms with E-state index in [1.165, 1.54) is 10.9 Å². The van der Waals surface area contributed by atoms with Crippen molar-refractivity contribution in [3.05, 3.63) is 47.3 Å². The van der Waals surface area contributed by atoms with Crippen LogP contribution in [-0.2, 0) is 6.54 Å². The molecule has 2 aromatic rings. The van der Waals surface area contributed by atoms with E-state index in [0.717, 1.165) is 5.56 Å². The monoisotopic (exact) mass is 349 g/mol. The molecule has 25 heavy (non-hydrogen) atoms. The van der Waals surface area contributed by atoms with Crippen LogP contribution in [0.3, 0.4) is 0 Å². The first-order chi connectivity index (χ1) is 12.0. The zero-order chi connectivity index (χ0) is 18.0. The molecule has 2 heterocycles. The fourth-order valence-corrected chi connectivity index (χ4v) is 3.02. The van der Waals surface area contributed by atoms with Gasteiger partial charge in [-0.25, -0.2) is 8.78 Å². The number of para-hydroxylation sites is 1. The lowest BCUT2D eigenvalue weighted by molar-refractivity contribution is 0.0907. The van der Waals surface area contributed by atoms with Crippen LogP contribution < -0.4 is 10.1 Å². The van der Waals surface area contributed by atoms with Crippen LogP contribution >= 0.6 is 0 Å². The summed E-state index contributed by atoms with van der Waals surface area (Å²) in [7, 11) is 0. The van der Waals surface area contributed by atoms with Crippen LogP contribution in [0.15, 0.2) is 30.5 Å². The zero-order valence-electron chi connectivity index (χ0n) is 14.2. The second-order valence-electron chi connectivity index (χ2n) is 6.52. The molecular weight excluding hydrogens is 328 g/mol. The highest BCUT2D eigenvalue weighted by atomic mass is 19.3. The molecule has 1 N–H and O–H groups in total. The highest BCUT2D eigenvalue weighted by Gasteiger charge is 2.28. The minimum Gasteiger partial charge on any atom is -0.493 e. The molecule has 0 fully saturated rings. The lowest BCUT2D eigenvalue weighted by Crippen LogP contribution is -2.32.